The second-order valence-corrected chi connectivity index (χ2v) is 8.72. The van der Waals surface area contributed by atoms with Crippen molar-refractivity contribution in [3.63, 3.8) is 0 Å². The van der Waals surface area contributed by atoms with Crippen LogP contribution in [0.5, 0.6) is 0 Å². The Morgan fingerprint density at radius 1 is 1.00 bits per heavy atom. The summed E-state index contributed by atoms with van der Waals surface area (Å²) in [6, 6.07) is 11.6. The van der Waals surface area contributed by atoms with Crippen LogP contribution >= 0.6 is 11.3 Å². The van der Waals surface area contributed by atoms with Gasteiger partial charge in [-0.3, -0.25) is 0 Å². The number of nitrogens with zero attached hydrogens (tertiary/aromatic N) is 4. The summed E-state index contributed by atoms with van der Waals surface area (Å²) in [6.45, 7) is 4.80. The number of ether oxygens (including phenoxy) is 1. The summed E-state index contributed by atoms with van der Waals surface area (Å²) in [5, 5.41) is 8.06. The van der Waals surface area contributed by atoms with Gasteiger partial charge in [0.05, 0.1) is 23.4 Å². The lowest BCUT2D eigenvalue weighted by atomic mass is 10.1. The summed E-state index contributed by atoms with van der Waals surface area (Å²) in [7, 11) is 0. The van der Waals surface area contributed by atoms with Gasteiger partial charge in [0, 0.05) is 37.9 Å². The van der Waals surface area contributed by atoms with Crippen molar-refractivity contribution in [3.05, 3.63) is 41.8 Å². The minimum absolute atomic E-state index is 0.142. The van der Waals surface area contributed by atoms with Crippen LogP contribution in [0.2, 0.25) is 0 Å². The van der Waals surface area contributed by atoms with Gasteiger partial charge in [-0.25, -0.2) is 9.78 Å². The number of thiophene rings is 1. The molecule has 162 valence electrons. The Kier molecular flexibility index (Phi) is 5.86. The molecule has 0 atom stereocenters. The molecule has 0 aliphatic carbocycles. The third-order valence-corrected chi connectivity index (χ3v) is 6.63. The molecule has 1 aromatic carbocycles. The monoisotopic (exact) mass is 438 g/mol. The third kappa shape index (κ3) is 4.57. The van der Waals surface area contributed by atoms with Gasteiger partial charge >= 0.3 is 6.03 Å². The number of hydrogen-bond acceptors (Lipinski definition) is 7. The first-order valence-electron chi connectivity index (χ1n) is 10.7. The number of para-hydroxylation sites is 1. The Balaban J connectivity index is 1.23. The van der Waals surface area contributed by atoms with E-state index in [1.807, 2.05) is 30.3 Å². The smallest absolute Gasteiger partial charge is 0.319 e. The Bertz CT molecular complexity index is 1030. The standard InChI is InChI=1S/C22H26N6O2S/c29-22(23-16-4-2-1-3-5-16)24-17-6-9-28(10-7-17)21-25-18-8-15-31-19(18)20(26-21)27-11-13-30-14-12-27/h1-5,8,15,17H,6-7,9-14H2,(H2,23,24,29). The predicted octanol–water partition coefficient (Wildman–Crippen LogP) is 3.32. The molecule has 2 saturated heterocycles. The summed E-state index contributed by atoms with van der Waals surface area (Å²) < 4.78 is 6.65. The number of morpholine rings is 1. The number of rotatable bonds is 4. The van der Waals surface area contributed by atoms with E-state index in [1.54, 1.807) is 11.3 Å². The summed E-state index contributed by atoms with van der Waals surface area (Å²) in [5.41, 5.74) is 1.80. The number of nitrogens with one attached hydrogen (secondary N) is 2. The van der Waals surface area contributed by atoms with Gasteiger partial charge in [-0.15, -0.1) is 11.3 Å². The second-order valence-electron chi connectivity index (χ2n) is 7.81. The molecule has 3 aromatic rings. The van der Waals surface area contributed by atoms with Crippen LogP contribution in [0.3, 0.4) is 0 Å². The molecule has 31 heavy (non-hydrogen) atoms. The number of anilines is 3. The molecule has 2 aliphatic heterocycles. The summed E-state index contributed by atoms with van der Waals surface area (Å²) in [6.07, 6.45) is 1.72. The minimum Gasteiger partial charge on any atom is -0.378 e. The molecule has 2 fully saturated rings. The van der Waals surface area contributed by atoms with Crippen LogP contribution in [0.1, 0.15) is 12.8 Å². The van der Waals surface area contributed by atoms with E-state index in [9.17, 15) is 4.79 Å². The molecule has 4 heterocycles. The molecule has 0 bridgehead atoms. The number of urea groups is 1. The van der Waals surface area contributed by atoms with Crippen molar-refractivity contribution in [3.8, 4) is 0 Å². The van der Waals surface area contributed by atoms with E-state index < -0.39 is 0 Å². The highest BCUT2D eigenvalue weighted by molar-refractivity contribution is 7.17. The van der Waals surface area contributed by atoms with Gasteiger partial charge in [0.2, 0.25) is 5.95 Å². The number of carbonyl (C=O) groups is 1. The van der Waals surface area contributed by atoms with E-state index in [0.29, 0.717) is 0 Å². The second kappa shape index (κ2) is 9.07. The van der Waals surface area contributed by atoms with Crippen LogP contribution in [-0.2, 0) is 4.74 Å². The van der Waals surface area contributed by atoms with Gasteiger partial charge in [-0.2, -0.15) is 4.98 Å². The van der Waals surface area contributed by atoms with Gasteiger partial charge in [-0.1, -0.05) is 18.2 Å². The minimum atomic E-state index is -0.157. The zero-order valence-corrected chi connectivity index (χ0v) is 18.1. The van der Waals surface area contributed by atoms with Gasteiger partial charge in [0.15, 0.2) is 5.82 Å². The van der Waals surface area contributed by atoms with Crippen molar-refractivity contribution < 1.29 is 9.53 Å². The first-order chi connectivity index (χ1) is 15.3. The molecule has 2 N–H and O–H groups in total. The van der Waals surface area contributed by atoms with E-state index in [1.165, 1.54) is 0 Å². The van der Waals surface area contributed by atoms with Crippen LogP contribution in [0, 0.1) is 0 Å². The highest BCUT2D eigenvalue weighted by atomic mass is 32.1. The van der Waals surface area contributed by atoms with E-state index in [-0.39, 0.29) is 12.1 Å². The summed E-state index contributed by atoms with van der Waals surface area (Å²) in [4.78, 5) is 26.6. The average molecular weight is 439 g/mol. The molecule has 0 saturated carbocycles. The van der Waals surface area contributed by atoms with Crippen molar-refractivity contribution >= 4 is 45.0 Å². The lowest BCUT2D eigenvalue weighted by molar-refractivity contribution is 0.122. The molecule has 2 aliphatic rings. The fourth-order valence-corrected chi connectivity index (χ4v) is 4.91. The zero-order chi connectivity index (χ0) is 21.0. The Morgan fingerprint density at radius 3 is 2.55 bits per heavy atom. The Labute approximate surface area is 185 Å². The highest BCUT2D eigenvalue weighted by Crippen LogP contribution is 2.32. The maximum Gasteiger partial charge on any atom is 0.319 e. The topological polar surface area (TPSA) is 82.6 Å². The number of fused-ring (bicyclic) bond motifs is 1. The lowest BCUT2D eigenvalue weighted by Gasteiger charge is -2.33. The number of carbonyl (C=O) groups excluding carboxylic acids is 1. The number of benzene rings is 1. The lowest BCUT2D eigenvalue weighted by Crippen LogP contribution is -2.46. The van der Waals surface area contributed by atoms with Gasteiger partial charge in [0.1, 0.15) is 0 Å². The van der Waals surface area contributed by atoms with Crippen molar-refractivity contribution in [2.24, 2.45) is 0 Å². The predicted molar refractivity (Wildman–Crippen MR) is 124 cm³/mol. The molecule has 0 spiro atoms. The molecule has 9 heteroatoms. The number of hydrogen-bond donors (Lipinski definition) is 2. The maximum atomic E-state index is 12.3. The zero-order valence-electron chi connectivity index (χ0n) is 17.3. The van der Waals surface area contributed by atoms with Gasteiger partial charge in [-0.05, 0) is 36.4 Å². The fraction of sp³-hybridized carbons (Fsp3) is 0.409. The summed E-state index contributed by atoms with van der Waals surface area (Å²) >= 11 is 1.69. The quantitative estimate of drug-likeness (QED) is 0.650. The molecule has 0 unspecified atom stereocenters. The number of piperidine rings is 1. The largest absolute Gasteiger partial charge is 0.378 e. The third-order valence-electron chi connectivity index (χ3n) is 5.73. The van der Waals surface area contributed by atoms with Crippen LogP contribution in [0.15, 0.2) is 41.8 Å². The van der Waals surface area contributed by atoms with Crippen molar-refractivity contribution in [1.82, 2.24) is 15.3 Å². The van der Waals surface area contributed by atoms with Crippen molar-refractivity contribution in [2.75, 3.05) is 54.5 Å². The molecule has 2 aromatic heterocycles. The first-order valence-corrected chi connectivity index (χ1v) is 11.6. The number of amides is 2. The van der Waals surface area contributed by atoms with Gasteiger partial charge < -0.3 is 25.2 Å². The van der Waals surface area contributed by atoms with Crippen molar-refractivity contribution in [2.45, 2.75) is 18.9 Å². The average Bonchev–Trinajstić information content (AvgIpc) is 3.29. The van der Waals surface area contributed by atoms with E-state index in [4.69, 9.17) is 14.7 Å². The normalized spacial score (nSPS) is 17.7. The van der Waals surface area contributed by atoms with Crippen LogP contribution < -0.4 is 20.4 Å². The van der Waals surface area contributed by atoms with E-state index >= 15 is 0 Å². The molecular formula is C22H26N6O2S. The SMILES string of the molecule is O=C(Nc1ccccc1)NC1CCN(c2nc(N3CCOCC3)c3sccc3n2)CC1. The Hall–Kier alpha value is -2.91. The summed E-state index contributed by atoms with van der Waals surface area (Å²) in [5.74, 6) is 1.79. The maximum absolute atomic E-state index is 12.3. The van der Waals surface area contributed by atoms with Crippen LogP contribution in [0.4, 0.5) is 22.2 Å². The highest BCUT2D eigenvalue weighted by Gasteiger charge is 2.25. The molecule has 8 nitrogen and oxygen atoms in total. The Morgan fingerprint density at radius 2 is 1.77 bits per heavy atom. The first kappa shape index (κ1) is 20.0. The van der Waals surface area contributed by atoms with E-state index in [0.717, 1.165) is 79.9 Å². The number of aromatic nitrogens is 2. The van der Waals surface area contributed by atoms with Crippen LogP contribution in [0.25, 0.3) is 10.2 Å². The molecule has 2 amide bonds. The van der Waals surface area contributed by atoms with E-state index in [2.05, 4.69) is 31.9 Å². The molecule has 5 rings (SSSR count). The molecular weight excluding hydrogens is 412 g/mol. The van der Waals surface area contributed by atoms with Crippen LogP contribution in [-0.4, -0.2) is 61.4 Å². The van der Waals surface area contributed by atoms with Gasteiger partial charge in [0.25, 0.3) is 0 Å². The van der Waals surface area contributed by atoms with Crippen molar-refractivity contribution in [1.29, 1.82) is 0 Å². The molecule has 0 radical (unpaired) electrons. The fourth-order valence-electron chi connectivity index (χ4n) is 4.06.